The van der Waals surface area contributed by atoms with Crippen molar-refractivity contribution in [2.75, 3.05) is 35.7 Å². The lowest BCUT2D eigenvalue weighted by Crippen LogP contribution is -2.20. The van der Waals surface area contributed by atoms with Gasteiger partial charge in [0.2, 0.25) is 0 Å². The average molecular weight is 368 g/mol. The van der Waals surface area contributed by atoms with Crippen LogP contribution in [0.15, 0.2) is 36.4 Å². The summed E-state index contributed by atoms with van der Waals surface area (Å²) in [6, 6.07) is 8.28. The van der Waals surface area contributed by atoms with E-state index in [-0.39, 0.29) is 18.9 Å². The highest BCUT2D eigenvalue weighted by molar-refractivity contribution is 6.31. The van der Waals surface area contributed by atoms with Gasteiger partial charge in [-0.3, -0.25) is 0 Å². The molecule has 25 heavy (non-hydrogen) atoms. The van der Waals surface area contributed by atoms with E-state index in [0.29, 0.717) is 34.9 Å². The van der Waals surface area contributed by atoms with Crippen molar-refractivity contribution in [3.63, 3.8) is 0 Å². The van der Waals surface area contributed by atoms with E-state index in [4.69, 9.17) is 21.8 Å². The van der Waals surface area contributed by atoms with Crippen molar-refractivity contribution in [2.24, 2.45) is 0 Å². The molecule has 0 atom stereocenters. The van der Waals surface area contributed by atoms with E-state index in [1.54, 1.807) is 18.2 Å². The molecule has 2 aromatic carbocycles. The fourth-order valence-electron chi connectivity index (χ4n) is 2.25. The SMILES string of the molecule is O=C(Nc1cc(Cl)cc(NCCO)c1)Nc1cc(F)ccc1CCO. The van der Waals surface area contributed by atoms with Crippen LogP contribution >= 0.6 is 11.6 Å². The Morgan fingerprint density at radius 1 is 1.04 bits per heavy atom. The summed E-state index contributed by atoms with van der Waals surface area (Å²) < 4.78 is 13.4. The number of amides is 2. The highest BCUT2D eigenvalue weighted by Gasteiger charge is 2.09. The lowest BCUT2D eigenvalue weighted by atomic mass is 10.1. The minimum Gasteiger partial charge on any atom is -0.396 e. The van der Waals surface area contributed by atoms with Gasteiger partial charge in [-0.1, -0.05) is 17.7 Å². The molecule has 0 saturated heterocycles. The van der Waals surface area contributed by atoms with Crippen LogP contribution in [0.3, 0.4) is 0 Å². The Labute approximate surface area is 149 Å². The molecule has 0 spiro atoms. The number of hydrogen-bond acceptors (Lipinski definition) is 4. The number of halogens is 2. The van der Waals surface area contributed by atoms with Gasteiger partial charge in [-0.15, -0.1) is 0 Å². The maximum Gasteiger partial charge on any atom is 0.323 e. The van der Waals surface area contributed by atoms with Gasteiger partial charge in [0.1, 0.15) is 5.82 Å². The molecule has 0 aliphatic carbocycles. The Morgan fingerprint density at radius 2 is 1.80 bits per heavy atom. The monoisotopic (exact) mass is 367 g/mol. The number of anilines is 3. The second-order valence-electron chi connectivity index (χ2n) is 5.23. The van der Waals surface area contributed by atoms with Gasteiger partial charge < -0.3 is 26.2 Å². The minimum absolute atomic E-state index is 0.0387. The standard InChI is InChI=1S/C17H19ClFN3O3/c18-12-7-14(20-4-6-24)10-15(8-12)21-17(25)22-16-9-13(19)2-1-11(16)3-5-23/h1-2,7-10,20,23-24H,3-6H2,(H2,21,22,25). The van der Waals surface area contributed by atoms with Crippen molar-refractivity contribution >= 4 is 34.7 Å². The molecule has 2 aromatic rings. The number of benzene rings is 2. The first-order valence-corrected chi connectivity index (χ1v) is 8.02. The number of urea groups is 1. The van der Waals surface area contributed by atoms with Crippen LogP contribution in [-0.2, 0) is 6.42 Å². The van der Waals surface area contributed by atoms with Crippen LogP contribution in [0.1, 0.15) is 5.56 Å². The van der Waals surface area contributed by atoms with Crippen LogP contribution in [0, 0.1) is 5.82 Å². The molecule has 0 aromatic heterocycles. The Hall–Kier alpha value is -2.35. The van der Waals surface area contributed by atoms with Gasteiger partial charge in [0, 0.05) is 35.2 Å². The summed E-state index contributed by atoms with van der Waals surface area (Å²) in [6.45, 7) is 0.193. The fraction of sp³-hybridized carbons (Fsp3) is 0.235. The van der Waals surface area contributed by atoms with E-state index in [1.807, 2.05) is 0 Å². The van der Waals surface area contributed by atoms with Crippen LogP contribution in [0.2, 0.25) is 5.02 Å². The minimum atomic E-state index is -0.569. The molecule has 0 heterocycles. The summed E-state index contributed by atoms with van der Waals surface area (Å²) in [5, 5.41) is 26.4. The topological polar surface area (TPSA) is 93.6 Å². The zero-order valence-electron chi connectivity index (χ0n) is 13.4. The van der Waals surface area contributed by atoms with E-state index in [0.717, 1.165) is 0 Å². The predicted octanol–water partition coefficient (Wildman–Crippen LogP) is 3.06. The Kier molecular flexibility index (Phi) is 7.00. The van der Waals surface area contributed by atoms with Crippen molar-refractivity contribution in [2.45, 2.75) is 6.42 Å². The van der Waals surface area contributed by atoms with Gasteiger partial charge in [-0.25, -0.2) is 9.18 Å². The van der Waals surface area contributed by atoms with E-state index in [1.165, 1.54) is 18.2 Å². The molecular weight excluding hydrogens is 349 g/mol. The number of nitrogens with one attached hydrogen (secondary N) is 3. The highest BCUT2D eigenvalue weighted by atomic mass is 35.5. The first-order chi connectivity index (χ1) is 12.0. The lowest BCUT2D eigenvalue weighted by molar-refractivity contribution is 0.262. The zero-order chi connectivity index (χ0) is 18.2. The molecule has 0 fully saturated rings. The van der Waals surface area contributed by atoms with Crippen molar-refractivity contribution in [1.82, 2.24) is 0 Å². The molecule has 0 aliphatic heterocycles. The molecule has 2 rings (SSSR count). The van der Waals surface area contributed by atoms with Gasteiger partial charge in [0.15, 0.2) is 0 Å². The second kappa shape index (κ2) is 9.22. The highest BCUT2D eigenvalue weighted by Crippen LogP contribution is 2.23. The lowest BCUT2D eigenvalue weighted by Gasteiger charge is -2.13. The number of aliphatic hydroxyl groups is 2. The molecule has 0 radical (unpaired) electrons. The number of hydrogen-bond donors (Lipinski definition) is 5. The molecule has 2 amide bonds. The van der Waals surface area contributed by atoms with Gasteiger partial charge >= 0.3 is 6.03 Å². The van der Waals surface area contributed by atoms with Gasteiger partial charge in [0.25, 0.3) is 0 Å². The number of rotatable bonds is 7. The predicted molar refractivity (Wildman–Crippen MR) is 96.9 cm³/mol. The van der Waals surface area contributed by atoms with Crippen molar-refractivity contribution < 1.29 is 19.4 Å². The molecule has 8 heteroatoms. The molecule has 0 aliphatic rings. The average Bonchev–Trinajstić information content (AvgIpc) is 2.55. The first-order valence-electron chi connectivity index (χ1n) is 7.64. The van der Waals surface area contributed by atoms with Gasteiger partial charge in [-0.2, -0.15) is 0 Å². The van der Waals surface area contributed by atoms with Crippen LogP contribution in [0.5, 0.6) is 0 Å². The number of carbonyl (C=O) groups is 1. The first kappa shape index (κ1) is 19.0. The van der Waals surface area contributed by atoms with E-state index in [2.05, 4.69) is 16.0 Å². The zero-order valence-corrected chi connectivity index (χ0v) is 14.1. The summed E-state index contributed by atoms with van der Waals surface area (Å²) >= 11 is 6.01. The van der Waals surface area contributed by atoms with Crippen molar-refractivity contribution in [3.05, 3.63) is 52.8 Å². The Morgan fingerprint density at radius 3 is 2.52 bits per heavy atom. The molecule has 5 N–H and O–H groups in total. The van der Waals surface area contributed by atoms with Crippen LogP contribution < -0.4 is 16.0 Å². The quantitative estimate of drug-likeness (QED) is 0.520. The largest absolute Gasteiger partial charge is 0.396 e. The fourth-order valence-corrected chi connectivity index (χ4v) is 2.49. The number of aliphatic hydroxyl groups excluding tert-OH is 2. The summed E-state index contributed by atoms with van der Waals surface area (Å²) in [5.41, 5.74) is 1.98. The van der Waals surface area contributed by atoms with Crippen LogP contribution in [-0.4, -0.2) is 36.0 Å². The third-order valence-electron chi connectivity index (χ3n) is 3.30. The molecular formula is C17H19ClFN3O3. The third-order valence-corrected chi connectivity index (χ3v) is 3.52. The summed E-state index contributed by atoms with van der Waals surface area (Å²) in [7, 11) is 0. The summed E-state index contributed by atoms with van der Waals surface area (Å²) in [4.78, 5) is 12.2. The van der Waals surface area contributed by atoms with E-state index in [9.17, 15) is 9.18 Å². The van der Waals surface area contributed by atoms with Crippen molar-refractivity contribution in [3.8, 4) is 0 Å². The van der Waals surface area contributed by atoms with Crippen LogP contribution in [0.4, 0.5) is 26.2 Å². The van der Waals surface area contributed by atoms with E-state index >= 15 is 0 Å². The summed E-state index contributed by atoms with van der Waals surface area (Å²) in [6.07, 6.45) is 0.294. The Bertz CT molecular complexity index is 743. The molecule has 0 unspecified atom stereocenters. The van der Waals surface area contributed by atoms with Gasteiger partial charge in [0.05, 0.1) is 6.61 Å². The molecule has 0 bridgehead atoms. The third kappa shape index (κ3) is 5.90. The second-order valence-corrected chi connectivity index (χ2v) is 5.67. The van der Waals surface area contributed by atoms with E-state index < -0.39 is 11.8 Å². The molecule has 6 nitrogen and oxygen atoms in total. The van der Waals surface area contributed by atoms with Gasteiger partial charge in [-0.05, 0) is 42.3 Å². The maximum absolute atomic E-state index is 13.4. The maximum atomic E-state index is 13.4. The Balaban J connectivity index is 2.10. The number of carbonyl (C=O) groups excluding carboxylic acids is 1. The normalized spacial score (nSPS) is 10.4. The molecule has 134 valence electrons. The summed E-state index contributed by atoms with van der Waals surface area (Å²) in [5.74, 6) is -0.491. The van der Waals surface area contributed by atoms with Crippen molar-refractivity contribution in [1.29, 1.82) is 0 Å². The van der Waals surface area contributed by atoms with Crippen LogP contribution in [0.25, 0.3) is 0 Å². The smallest absolute Gasteiger partial charge is 0.323 e. The molecule has 0 saturated carbocycles.